The van der Waals surface area contributed by atoms with Crippen molar-refractivity contribution in [3.8, 4) is 0 Å². The molecular weight excluding hydrogens is 219 g/mol. The molecule has 0 bridgehead atoms. The fourth-order valence-corrected chi connectivity index (χ4v) is 1.94. The number of hydrogen-bond donors (Lipinski definition) is 1. The Balaban J connectivity index is 0.000000845. The Bertz CT molecular complexity index is 134. The van der Waals surface area contributed by atoms with Gasteiger partial charge < -0.3 is 10.2 Å². The van der Waals surface area contributed by atoms with E-state index in [1.165, 1.54) is 58.4 Å². The molecule has 0 atom stereocenters. The average molecular weight is 241 g/mol. The summed E-state index contributed by atoms with van der Waals surface area (Å²) in [5, 5.41) is 3.38. The molecule has 0 spiro atoms. The van der Waals surface area contributed by atoms with Gasteiger partial charge in [-0.3, -0.25) is 0 Å². The van der Waals surface area contributed by atoms with Crippen molar-refractivity contribution in [2.24, 2.45) is 5.92 Å². The van der Waals surface area contributed by atoms with E-state index in [0.29, 0.717) is 0 Å². The molecule has 0 radical (unpaired) electrons. The molecule has 0 unspecified atom stereocenters. The molecule has 86 valence electrons. The summed E-state index contributed by atoms with van der Waals surface area (Å²) in [4.78, 5) is 2.60. The topological polar surface area (TPSA) is 15.3 Å². The SMILES string of the molecule is C(CC1CC1)CN1CCNCC1.Cl.Cl. The number of halogens is 2. The van der Waals surface area contributed by atoms with Crippen LogP contribution in [0.1, 0.15) is 25.7 Å². The number of piperazine rings is 1. The van der Waals surface area contributed by atoms with E-state index < -0.39 is 0 Å². The largest absolute Gasteiger partial charge is 0.314 e. The van der Waals surface area contributed by atoms with Gasteiger partial charge in [-0.05, 0) is 25.3 Å². The lowest BCUT2D eigenvalue weighted by Gasteiger charge is -2.26. The van der Waals surface area contributed by atoms with E-state index in [1.54, 1.807) is 0 Å². The third kappa shape index (κ3) is 5.40. The van der Waals surface area contributed by atoms with Crippen LogP contribution in [-0.2, 0) is 0 Å². The van der Waals surface area contributed by atoms with Crippen molar-refractivity contribution in [2.45, 2.75) is 25.7 Å². The Labute approximate surface area is 99.6 Å². The molecule has 0 aromatic rings. The summed E-state index contributed by atoms with van der Waals surface area (Å²) in [5.74, 6) is 1.12. The van der Waals surface area contributed by atoms with Crippen LogP contribution in [0.5, 0.6) is 0 Å². The van der Waals surface area contributed by atoms with Gasteiger partial charge in [0.15, 0.2) is 0 Å². The van der Waals surface area contributed by atoms with Crippen LogP contribution in [0.15, 0.2) is 0 Å². The van der Waals surface area contributed by atoms with E-state index in [9.17, 15) is 0 Å². The van der Waals surface area contributed by atoms with Gasteiger partial charge in [0, 0.05) is 26.2 Å². The van der Waals surface area contributed by atoms with Gasteiger partial charge in [0.2, 0.25) is 0 Å². The van der Waals surface area contributed by atoms with Crippen molar-refractivity contribution >= 4 is 24.8 Å². The number of nitrogens with one attached hydrogen (secondary N) is 1. The minimum Gasteiger partial charge on any atom is -0.314 e. The van der Waals surface area contributed by atoms with Gasteiger partial charge in [-0.25, -0.2) is 0 Å². The molecule has 1 heterocycles. The molecule has 0 aromatic carbocycles. The molecule has 1 saturated heterocycles. The lowest BCUT2D eigenvalue weighted by atomic mass is 10.2. The van der Waals surface area contributed by atoms with Crippen LogP contribution in [0.2, 0.25) is 0 Å². The Kier molecular flexibility index (Phi) is 8.02. The number of hydrogen-bond acceptors (Lipinski definition) is 2. The highest BCUT2D eigenvalue weighted by molar-refractivity contribution is 5.85. The highest BCUT2D eigenvalue weighted by atomic mass is 35.5. The second-order valence-corrected chi connectivity index (χ2v) is 4.18. The summed E-state index contributed by atoms with van der Waals surface area (Å²) in [5.41, 5.74) is 0. The zero-order chi connectivity index (χ0) is 8.23. The van der Waals surface area contributed by atoms with Crippen molar-refractivity contribution in [2.75, 3.05) is 32.7 Å². The van der Waals surface area contributed by atoms with E-state index in [4.69, 9.17) is 0 Å². The first-order chi connectivity index (χ1) is 5.95. The molecule has 14 heavy (non-hydrogen) atoms. The zero-order valence-electron chi connectivity index (χ0n) is 8.71. The van der Waals surface area contributed by atoms with E-state index in [2.05, 4.69) is 10.2 Å². The highest BCUT2D eigenvalue weighted by Crippen LogP contribution is 2.33. The smallest absolute Gasteiger partial charge is 0.0107 e. The van der Waals surface area contributed by atoms with Crippen molar-refractivity contribution in [1.29, 1.82) is 0 Å². The number of nitrogens with zero attached hydrogens (tertiary/aromatic N) is 1. The van der Waals surface area contributed by atoms with Crippen LogP contribution in [0, 0.1) is 5.92 Å². The lowest BCUT2D eigenvalue weighted by molar-refractivity contribution is 0.235. The molecule has 2 nitrogen and oxygen atoms in total. The minimum atomic E-state index is 0. The maximum Gasteiger partial charge on any atom is 0.0107 e. The summed E-state index contributed by atoms with van der Waals surface area (Å²) in [6, 6.07) is 0. The monoisotopic (exact) mass is 240 g/mol. The van der Waals surface area contributed by atoms with Gasteiger partial charge in [0.05, 0.1) is 0 Å². The van der Waals surface area contributed by atoms with Crippen LogP contribution in [-0.4, -0.2) is 37.6 Å². The molecule has 4 heteroatoms. The summed E-state index contributed by atoms with van der Waals surface area (Å²) in [6.45, 7) is 6.28. The second kappa shape index (κ2) is 7.75. The molecule has 1 N–H and O–H groups in total. The van der Waals surface area contributed by atoms with E-state index in [-0.39, 0.29) is 24.8 Å². The lowest BCUT2D eigenvalue weighted by Crippen LogP contribution is -2.43. The predicted octanol–water partition coefficient (Wildman–Crippen LogP) is 1.93. The zero-order valence-corrected chi connectivity index (χ0v) is 10.3. The second-order valence-electron chi connectivity index (χ2n) is 4.18. The van der Waals surface area contributed by atoms with Crippen LogP contribution >= 0.6 is 24.8 Å². The first-order valence-corrected chi connectivity index (χ1v) is 5.38. The van der Waals surface area contributed by atoms with Gasteiger partial charge in [-0.15, -0.1) is 24.8 Å². The Morgan fingerprint density at radius 1 is 1.07 bits per heavy atom. The molecule has 0 aromatic heterocycles. The Hall–Kier alpha value is 0.500. The van der Waals surface area contributed by atoms with Crippen molar-refractivity contribution in [3.05, 3.63) is 0 Å². The van der Waals surface area contributed by atoms with Gasteiger partial charge in [-0.1, -0.05) is 12.8 Å². The van der Waals surface area contributed by atoms with Gasteiger partial charge in [0.1, 0.15) is 0 Å². The van der Waals surface area contributed by atoms with E-state index in [0.717, 1.165) is 5.92 Å². The molecule has 0 amide bonds. The normalized spacial score (nSPS) is 22.3. The van der Waals surface area contributed by atoms with Crippen molar-refractivity contribution in [1.82, 2.24) is 10.2 Å². The molecule has 1 aliphatic heterocycles. The van der Waals surface area contributed by atoms with Gasteiger partial charge in [0.25, 0.3) is 0 Å². The maximum atomic E-state index is 3.38. The summed E-state index contributed by atoms with van der Waals surface area (Å²) < 4.78 is 0. The standard InChI is InChI=1S/C10H20N2.2ClH/c1(2-10-3-4-10)7-12-8-5-11-6-9-12;;/h10-11H,1-9H2;2*1H. The molecule has 2 fully saturated rings. The average Bonchev–Trinajstić information content (AvgIpc) is 2.90. The molecule has 1 aliphatic carbocycles. The van der Waals surface area contributed by atoms with Crippen LogP contribution in [0.4, 0.5) is 0 Å². The molecule has 2 aliphatic rings. The fraction of sp³-hybridized carbons (Fsp3) is 1.00. The van der Waals surface area contributed by atoms with Gasteiger partial charge >= 0.3 is 0 Å². The fourth-order valence-electron chi connectivity index (χ4n) is 1.94. The molecular formula is C10H22Cl2N2. The summed E-state index contributed by atoms with van der Waals surface area (Å²) in [6.07, 6.45) is 5.96. The first-order valence-electron chi connectivity index (χ1n) is 5.38. The van der Waals surface area contributed by atoms with Gasteiger partial charge in [-0.2, -0.15) is 0 Å². The molecule has 1 saturated carbocycles. The predicted molar refractivity (Wildman–Crippen MR) is 65.8 cm³/mol. The van der Waals surface area contributed by atoms with Crippen LogP contribution in [0.25, 0.3) is 0 Å². The first kappa shape index (κ1) is 14.5. The Morgan fingerprint density at radius 3 is 2.29 bits per heavy atom. The highest BCUT2D eigenvalue weighted by Gasteiger charge is 2.20. The van der Waals surface area contributed by atoms with Crippen LogP contribution < -0.4 is 5.32 Å². The van der Waals surface area contributed by atoms with Crippen LogP contribution in [0.3, 0.4) is 0 Å². The Morgan fingerprint density at radius 2 is 1.71 bits per heavy atom. The third-order valence-electron chi connectivity index (χ3n) is 2.99. The summed E-state index contributed by atoms with van der Waals surface area (Å²) >= 11 is 0. The number of rotatable bonds is 4. The molecule has 2 rings (SSSR count). The van der Waals surface area contributed by atoms with E-state index in [1.807, 2.05) is 0 Å². The minimum absolute atomic E-state index is 0. The van der Waals surface area contributed by atoms with Crippen molar-refractivity contribution < 1.29 is 0 Å². The van der Waals surface area contributed by atoms with E-state index >= 15 is 0 Å². The summed E-state index contributed by atoms with van der Waals surface area (Å²) in [7, 11) is 0. The maximum absolute atomic E-state index is 3.38. The van der Waals surface area contributed by atoms with Crippen molar-refractivity contribution in [3.63, 3.8) is 0 Å². The quantitative estimate of drug-likeness (QED) is 0.809. The third-order valence-corrected chi connectivity index (χ3v) is 2.99.